The quantitative estimate of drug-likeness (QED) is 0.185. The highest BCUT2D eigenvalue weighted by molar-refractivity contribution is 5.98. The monoisotopic (exact) mass is 552 g/mol. The number of unbranched alkanes of at least 4 members (excludes halogenated alkanes) is 6. The van der Waals surface area contributed by atoms with Crippen LogP contribution in [0.5, 0.6) is 11.5 Å². The van der Waals surface area contributed by atoms with Crippen molar-refractivity contribution in [3.63, 3.8) is 0 Å². The van der Waals surface area contributed by atoms with E-state index in [9.17, 15) is 14.7 Å². The summed E-state index contributed by atoms with van der Waals surface area (Å²) < 4.78 is 5.73. The van der Waals surface area contributed by atoms with Gasteiger partial charge in [-0.15, -0.1) is 0 Å². The summed E-state index contributed by atoms with van der Waals surface area (Å²) in [5, 5.41) is 14.0. The molecule has 6 nitrogen and oxygen atoms in total. The molecular weight excluding hydrogens is 500 g/mol. The lowest BCUT2D eigenvalue weighted by atomic mass is 9.92. The number of phenols is 1. The van der Waals surface area contributed by atoms with Crippen LogP contribution < -0.4 is 10.1 Å². The number of carbonyl (C=O) groups is 2. The number of rotatable bonds is 18. The fourth-order valence-electron chi connectivity index (χ4n) is 5.07. The largest absolute Gasteiger partial charge is 0.507 e. The van der Waals surface area contributed by atoms with E-state index >= 15 is 0 Å². The molecular formula is C34H52N2O4. The van der Waals surface area contributed by atoms with Gasteiger partial charge in [-0.05, 0) is 86.9 Å². The van der Waals surface area contributed by atoms with Crippen LogP contribution in [0.25, 0.3) is 0 Å². The Morgan fingerprint density at radius 3 is 2.02 bits per heavy atom. The highest BCUT2D eigenvalue weighted by Gasteiger charge is 2.22. The SMILES string of the molecule is CCCCCCN(CCCCCC)C(=O)c1cc(Cc2c(C)cc(OCC)cc2C(=O)NCCC)cc(C)c1O. The Kier molecular flexibility index (Phi) is 14.6. The van der Waals surface area contributed by atoms with E-state index in [1.807, 2.05) is 56.9 Å². The van der Waals surface area contributed by atoms with Gasteiger partial charge in [-0.25, -0.2) is 0 Å². The molecule has 0 saturated heterocycles. The van der Waals surface area contributed by atoms with Gasteiger partial charge in [0, 0.05) is 25.2 Å². The minimum Gasteiger partial charge on any atom is -0.507 e. The highest BCUT2D eigenvalue weighted by Crippen LogP contribution is 2.30. The molecule has 0 aromatic heterocycles. The van der Waals surface area contributed by atoms with Crippen molar-refractivity contribution >= 4 is 11.8 Å². The van der Waals surface area contributed by atoms with E-state index in [1.54, 1.807) is 0 Å². The van der Waals surface area contributed by atoms with E-state index in [0.29, 0.717) is 55.1 Å². The number of hydrogen-bond donors (Lipinski definition) is 2. The number of phenolic OH excluding ortho intramolecular Hbond substituents is 1. The van der Waals surface area contributed by atoms with Gasteiger partial charge in [-0.1, -0.05) is 65.4 Å². The fraction of sp³-hybridized carbons (Fsp3) is 0.588. The summed E-state index contributed by atoms with van der Waals surface area (Å²) in [6, 6.07) is 7.51. The van der Waals surface area contributed by atoms with Crippen LogP contribution in [0.1, 0.15) is 128 Å². The van der Waals surface area contributed by atoms with Gasteiger partial charge in [0.1, 0.15) is 11.5 Å². The summed E-state index contributed by atoms with van der Waals surface area (Å²) in [5.41, 5.74) is 4.35. The van der Waals surface area contributed by atoms with Gasteiger partial charge in [-0.3, -0.25) is 9.59 Å². The number of ether oxygens (including phenoxy) is 1. The van der Waals surface area contributed by atoms with Crippen LogP contribution in [0.2, 0.25) is 0 Å². The van der Waals surface area contributed by atoms with Gasteiger partial charge in [0.15, 0.2) is 0 Å². The van der Waals surface area contributed by atoms with Crippen LogP contribution in [0.4, 0.5) is 0 Å². The van der Waals surface area contributed by atoms with Crippen molar-refractivity contribution in [1.29, 1.82) is 0 Å². The van der Waals surface area contributed by atoms with Gasteiger partial charge in [0.2, 0.25) is 0 Å². The standard InChI is InChI=1S/C34H52N2O4/c1-7-11-13-15-18-36(19-16-14-12-8-2)34(39)31-23-27(20-26(6)32(31)37)22-29-25(5)21-28(40-10-4)24-30(29)33(38)35-17-9-3/h20-21,23-24,37H,7-19,22H2,1-6H3,(H,35,38). The maximum atomic E-state index is 13.8. The van der Waals surface area contributed by atoms with Crippen LogP contribution in [0.15, 0.2) is 24.3 Å². The highest BCUT2D eigenvalue weighted by atomic mass is 16.5. The predicted octanol–water partition coefficient (Wildman–Crippen LogP) is 7.74. The Balaban J connectivity index is 2.42. The minimum atomic E-state index is -0.126. The zero-order chi connectivity index (χ0) is 29.5. The molecule has 0 bridgehead atoms. The van der Waals surface area contributed by atoms with Crippen LogP contribution in [0.3, 0.4) is 0 Å². The van der Waals surface area contributed by atoms with Gasteiger partial charge in [0.05, 0.1) is 12.2 Å². The number of aryl methyl sites for hydroxylation is 2. The van der Waals surface area contributed by atoms with Crippen molar-refractivity contribution in [2.45, 2.75) is 106 Å². The molecule has 2 aromatic carbocycles. The van der Waals surface area contributed by atoms with Crippen LogP contribution in [-0.4, -0.2) is 48.1 Å². The third kappa shape index (κ3) is 9.87. The molecule has 0 atom stereocenters. The first kappa shape index (κ1) is 33.2. The van der Waals surface area contributed by atoms with E-state index in [2.05, 4.69) is 19.2 Å². The van der Waals surface area contributed by atoms with Crippen molar-refractivity contribution in [2.24, 2.45) is 0 Å². The van der Waals surface area contributed by atoms with Crippen LogP contribution in [0, 0.1) is 13.8 Å². The minimum absolute atomic E-state index is 0.0465. The number of aromatic hydroxyl groups is 1. The van der Waals surface area contributed by atoms with Gasteiger partial charge < -0.3 is 20.1 Å². The molecule has 0 fully saturated rings. The fourth-order valence-corrected chi connectivity index (χ4v) is 5.07. The number of benzene rings is 2. The summed E-state index contributed by atoms with van der Waals surface area (Å²) in [6.45, 7) is 14.7. The zero-order valence-corrected chi connectivity index (χ0v) is 25.8. The maximum absolute atomic E-state index is 13.8. The van der Waals surface area contributed by atoms with Gasteiger partial charge >= 0.3 is 0 Å². The summed E-state index contributed by atoms with van der Waals surface area (Å²) in [5.74, 6) is 0.480. The molecule has 2 amide bonds. The number of carbonyl (C=O) groups excluding carboxylic acids is 2. The lowest BCUT2D eigenvalue weighted by Gasteiger charge is -2.24. The van der Waals surface area contributed by atoms with Crippen molar-refractivity contribution in [2.75, 3.05) is 26.2 Å². The van der Waals surface area contributed by atoms with Crippen molar-refractivity contribution in [3.05, 3.63) is 57.6 Å². The van der Waals surface area contributed by atoms with E-state index in [1.165, 1.54) is 0 Å². The molecule has 2 rings (SSSR count). The first-order valence-electron chi connectivity index (χ1n) is 15.4. The van der Waals surface area contributed by atoms with Crippen LogP contribution in [-0.2, 0) is 6.42 Å². The van der Waals surface area contributed by atoms with Gasteiger partial charge in [-0.2, -0.15) is 0 Å². The summed E-state index contributed by atoms with van der Waals surface area (Å²) >= 11 is 0. The summed E-state index contributed by atoms with van der Waals surface area (Å²) in [7, 11) is 0. The molecule has 0 aliphatic heterocycles. The lowest BCUT2D eigenvalue weighted by Crippen LogP contribution is -2.33. The molecule has 0 unspecified atom stereocenters. The molecule has 0 spiro atoms. The smallest absolute Gasteiger partial charge is 0.257 e. The molecule has 0 aliphatic carbocycles. The molecule has 0 heterocycles. The summed E-state index contributed by atoms with van der Waals surface area (Å²) in [6.07, 6.45) is 10.1. The summed E-state index contributed by atoms with van der Waals surface area (Å²) in [4.78, 5) is 28.9. The molecule has 6 heteroatoms. The lowest BCUT2D eigenvalue weighted by molar-refractivity contribution is 0.0745. The number of amides is 2. The Bertz CT molecular complexity index is 1080. The topological polar surface area (TPSA) is 78.9 Å². The molecule has 0 aliphatic rings. The van der Waals surface area contributed by atoms with E-state index in [0.717, 1.165) is 74.5 Å². The normalized spacial score (nSPS) is 10.9. The average Bonchev–Trinajstić information content (AvgIpc) is 2.93. The zero-order valence-electron chi connectivity index (χ0n) is 25.8. The van der Waals surface area contributed by atoms with Crippen molar-refractivity contribution in [3.8, 4) is 11.5 Å². The first-order chi connectivity index (χ1) is 19.3. The van der Waals surface area contributed by atoms with Crippen LogP contribution >= 0.6 is 0 Å². The average molecular weight is 553 g/mol. The van der Waals surface area contributed by atoms with E-state index in [4.69, 9.17) is 4.74 Å². The second-order valence-corrected chi connectivity index (χ2v) is 10.9. The third-order valence-corrected chi connectivity index (χ3v) is 7.36. The molecule has 222 valence electrons. The Morgan fingerprint density at radius 2 is 1.45 bits per heavy atom. The Hall–Kier alpha value is -3.02. The maximum Gasteiger partial charge on any atom is 0.257 e. The Morgan fingerprint density at radius 1 is 0.800 bits per heavy atom. The molecule has 40 heavy (non-hydrogen) atoms. The van der Waals surface area contributed by atoms with E-state index in [-0.39, 0.29) is 17.6 Å². The van der Waals surface area contributed by atoms with Gasteiger partial charge in [0.25, 0.3) is 11.8 Å². The number of nitrogens with one attached hydrogen (secondary N) is 1. The predicted molar refractivity (Wildman–Crippen MR) is 165 cm³/mol. The molecule has 0 radical (unpaired) electrons. The molecule has 0 saturated carbocycles. The van der Waals surface area contributed by atoms with Crippen molar-refractivity contribution in [1.82, 2.24) is 10.2 Å². The number of nitrogens with zero attached hydrogens (tertiary/aromatic N) is 1. The third-order valence-electron chi connectivity index (χ3n) is 7.36. The molecule has 2 aromatic rings. The number of hydrogen-bond acceptors (Lipinski definition) is 4. The second kappa shape index (κ2) is 17.6. The Labute approximate surface area is 242 Å². The van der Waals surface area contributed by atoms with Crippen molar-refractivity contribution < 1.29 is 19.4 Å². The molecule has 2 N–H and O–H groups in total. The van der Waals surface area contributed by atoms with E-state index < -0.39 is 0 Å². The second-order valence-electron chi connectivity index (χ2n) is 10.9. The first-order valence-corrected chi connectivity index (χ1v) is 15.4.